The highest BCUT2D eigenvalue weighted by molar-refractivity contribution is 5.94. The Morgan fingerprint density at radius 3 is 2.34 bits per heavy atom. The molecule has 178 valence electrons. The summed E-state index contributed by atoms with van der Waals surface area (Å²) in [5.74, 6) is 0.00657. The second-order valence-corrected chi connectivity index (χ2v) is 9.09. The van der Waals surface area contributed by atoms with Gasteiger partial charge in [0.1, 0.15) is 6.33 Å². The number of piperidine rings is 1. The lowest BCUT2D eigenvalue weighted by Gasteiger charge is -2.34. The van der Waals surface area contributed by atoms with Gasteiger partial charge in [-0.2, -0.15) is 0 Å². The second-order valence-electron chi connectivity index (χ2n) is 9.09. The molecule has 2 amide bonds. The molecule has 1 aliphatic rings. The monoisotopic (exact) mass is 466 g/mol. The first-order valence-electron chi connectivity index (χ1n) is 12.3. The highest BCUT2D eigenvalue weighted by atomic mass is 16.2. The van der Waals surface area contributed by atoms with Gasteiger partial charge in [0.25, 0.3) is 5.91 Å². The highest BCUT2D eigenvalue weighted by Crippen LogP contribution is 2.24. The zero-order chi connectivity index (χ0) is 24.2. The van der Waals surface area contributed by atoms with Crippen LogP contribution in [0.1, 0.15) is 48.0 Å². The van der Waals surface area contributed by atoms with E-state index in [9.17, 15) is 9.59 Å². The number of amides is 2. The van der Waals surface area contributed by atoms with E-state index in [0.717, 1.165) is 41.5 Å². The molecule has 0 aliphatic carbocycles. The van der Waals surface area contributed by atoms with Crippen molar-refractivity contribution in [3.63, 3.8) is 0 Å². The van der Waals surface area contributed by atoms with Gasteiger partial charge in [-0.25, -0.2) is 4.98 Å². The van der Waals surface area contributed by atoms with E-state index in [-0.39, 0.29) is 23.8 Å². The number of carbonyl (C=O) groups is 2. The van der Waals surface area contributed by atoms with E-state index >= 15 is 0 Å². The number of fused-ring (bicyclic) bond motifs is 1. The van der Waals surface area contributed by atoms with Gasteiger partial charge in [-0.05, 0) is 61.2 Å². The Morgan fingerprint density at radius 1 is 0.943 bits per heavy atom. The first-order valence-corrected chi connectivity index (χ1v) is 12.3. The number of nitrogens with zero attached hydrogens (tertiary/aromatic N) is 3. The lowest BCUT2D eigenvalue weighted by atomic mass is 9.93. The van der Waals surface area contributed by atoms with Gasteiger partial charge in [0.05, 0.1) is 17.0 Å². The number of hydrogen-bond acceptors (Lipinski definition) is 3. The molecule has 1 aliphatic heterocycles. The van der Waals surface area contributed by atoms with E-state index in [1.807, 2.05) is 88.3 Å². The fourth-order valence-corrected chi connectivity index (χ4v) is 4.91. The first-order chi connectivity index (χ1) is 17.1. The summed E-state index contributed by atoms with van der Waals surface area (Å²) >= 11 is 0. The smallest absolute Gasteiger partial charge is 0.251 e. The van der Waals surface area contributed by atoms with Crippen molar-refractivity contribution in [2.75, 3.05) is 13.1 Å². The molecule has 5 rings (SSSR count). The Balaban J connectivity index is 1.17. The van der Waals surface area contributed by atoms with Crippen molar-refractivity contribution in [2.24, 2.45) is 0 Å². The third-order valence-corrected chi connectivity index (χ3v) is 6.91. The molecule has 1 unspecified atom stereocenters. The van der Waals surface area contributed by atoms with Crippen molar-refractivity contribution in [1.82, 2.24) is 19.8 Å². The zero-order valence-corrected chi connectivity index (χ0v) is 19.9. The van der Waals surface area contributed by atoms with Crippen LogP contribution >= 0.6 is 0 Å². The highest BCUT2D eigenvalue weighted by Gasteiger charge is 2.29. The van der Waals surface area contributed by atoms with Crippen LogP contribution in [0.15, 0.2) is 85.2 Å². The molecule has 0 bridgehead atoms. The quantitative estimate of drug-likeness (QED) is 0.438. The fraction of sp³-hybridized carbons (Fsp3) is 0.276. The van der Waals surface area contributed by atoms with Crippen LogP contribution in [0.4, 0.5) is 0 Å². The number of benzene rings is 3. The van der Waals surface area contributed by atoms with E-state index in [4.69, 9.17) is 0 Å². The van der Waals surface area contributed by atoms with Gasteiger partial charge in [0.2, 0.25) is 5.91 Å². The van der Waals surface area contributed by atoms with Gasteiger partial charge in [0.15, 0.2) is 0 Å². The van der Waals surface area contributed by atoms with E-state index < -0.39 is 0 Å². The normalized spacial score (nSPS) is 15.2. The Kier molecular flexibility index (Phi) is 6.62. The summed E-state index contributed by atoms with van der Waals surface area (Å²) in [6.45, 7) is 3.39. The molecule has 0 saturated carbocycles. The molecule has 1 fully saturated rings. The average Bonchev–Trinajstić information content (AvgIpc) is 3.34. The first kappa shape index (κ1) is 22.8. The standard InChI is InChI=1S/C29H30N4O2/c1-2-25(21-8-4-3-5-9-21)29(35)32-18-16-23(17-19-32)31-28(34)22-12-14-24(15-13-22)33-20-30-26-10-6-7-11-27(26)33/h3-15,20,23,25H,2,16-19H2,1H3,(H,31,34). The number of para-hydroxylation sites is 2. The summed E-state index contributed by atoms with van der Waals surface area (Å²) in [7, 11) is 0. The molecular formula is C29H30N4O2. The molecule has 1 atom stereocenters. The summed E-state index contributed by atoms with van der Waals surface area (Å²) in [4.78, 5) is 32.4. The lowest BCUT2D eigenvalue weighted by Crippen LogP contribution is -2.47. The fourth-order valence-electron chi connectivity index (χ4n) is 4.91. The molecule has 2 heterocycles. The second kappa shape index (κ2) is 10.1. The third-order valence-electron chi connectivity index (χ3n) is 6.91. The van der Waals surface area contributed by atoms with Crippen molar-refractivity contribution in [3.05, 3.63) is 96.3 Å². The zero-order valence-electron chi connectivity index (χ0n) is 19.9. The van der Waals surface area contributed by atoms with Gasteiger partial charge in [-0.1, -0.05) is 49.4 Å². The molecule has 0 radical (unpaired) electrons. The van der Waals surface area contributed by atoms with Crippen LogP contribution < -0.4 is 5.32 Å². The summed E-state index contributed by atoms with van der Waals surface area (Å²) in [5.41, 5.74) is 4.64. The summed E-state index contributed by atoms with van der Waals surface area (Å²) < 4.78 is 2.02. The molecule has 0 spiro atoms. The predicted octanol–water partition coefficient (Wildman–Crippen LogP) is 4.94. The molecule has 3 aromatic carbocycles. The lowest BCUT2D eigenvalue weighted by molar-refractivity contribution is -0.134. The van der Waals surface area contributed by atoms with E-state index in [1.54, 1.807) is 6.33 Å². The largest absolute Gasteiger partial charge is 0.349 e. The minimum Gasteiger partial charge on any atom is -0.349 e. The summed E-state index contributed by atoms with van der Waals surface area (Å²) in [6.07, 6.45) is 4.11. The third kappa shape index (κ3) is 4.83. The minimum atomic E-state index is -0.103. The Hall–Kier alpha value is -3.93. The maximum atomic E-state index is 13.1. The number of rotatable bonds is 6. The molecule has 4 aromatic rings. The van der Waals surface area contributed by atoms with E-state index in [2.05, 4.69) is 17.2 Å². The average molecular weight is 467 g/mol. The van der Waals surface area contributed by atoms with Gasteiger partial charge in [-0.3, -0.25) is 14.2 Å². The number of aromatic nitrogens is 2. The Morgan fingerprint density at radius 2 is 1.63 bits per heavy atom. The van der Waals surface area contributed by atoms with Gasteiger partial charge >= 0.3 is 0 Å². The van der Waals surface area contributed by atoms with Gasteiger partial charge in [-0.15, -0.1) is 0 Å². The van der Waals surface area contributed by atoms with Crippen LogP contribution in [0.5, 0.6) is 0 Å². The predicted molar refractivity (Wildman–Crippen MR) is 138 cm³/mol. The number of likely N-dealkylation sites (tertiary alicyclic amines) is 1. The minimum absolute atomic E-state index is 0.0700. The van der Waals surface area contributed by atoms with Crippen LogP contribution in [0, 0.1) is 0 Å². The van der Waals surface area contributed by atoms with Crippen LogP contribution in [-0.2, 0) is 4.79 Å². The molecule has 1 N–H and O–H groups in total. The maximum Gasteiger partial charge on any atom is 0.251 e. The van der Waals surface area contributed by atoms with Crippen molar-refractivity contribution >= 4 is 22.8 Å². The van der Waals surface area contributed by atoms with Gasteiger partial charge in [0, 0.05) is 30.4 Å². The molecular weight excluding hydrogens is 436 g/mol. The molecule has 6 heteroatoms. The molecule has 1 aromatic heterocycles. The van der Waals surface area contributed by atoms with Crippen LogP contribution in [0.25, 0.3) is 16.7 Å². The summed E-state index contributed by atoms with van der Waals surface area (Å²) in [6, 6.07) is 25.6. The SMILES string of the molecule is CCC(C(=O)N1CCC(NC(=O)c2ccc(-n3cnc4ccccc43)cc2)CC1)c1ccccc1. The number of carbonyl (C=O) groups excluding carboxylic acids is 2. The Bertz CT molecular complexity index is 1310. The number of imidazole rings is 1. The number of nitrogens with one attached hydrogen (secondary N) is 1. The van der Waals surface area contributed by atoms with Crippen molar-refractivity contribution in [1.29, 1.82) is 0 Å². The van der Waals surface area contributed by atoms with Crippen molar-refractivity contribution in [2.45, 2.75) is 38.1 Å². The topological polar surface area (TPSA) is 67.2 Å². The van der Waals surface area contributed by atoms with Crippen LogP contribution in [0.2, 0.25) is 0 Å². The van der Waals surface area contributed by atoms with Crippen LogP contribution in [0.3, 0.4) is 0 Å². The van der Waals surface area contributed by atoms with E-state index in [0.29, 0.717) is 18.7 Å². The molecule has 35 heavy (non-hydrogen) atoms. The molecule has 6 nitrogen and oxygen atoms in total. The number of hydrogen-bond donors (Lipinski definition) is 1. The Labute approximate surface area is 205 Å². The summed E-state index contributed by atoms with van der Waals surface area (Å²) in [5, 5.41) is 3.16. The van der Waals surface area contributed by atoms with E-state index in [1.165, 1.54) is 0 Å². The van der Waals surface area contributed by atoms with Crippen molar-refractivity contribution < 1.29 is 9.59 Å². The van der Waals surface area contributed by atoms with Crippen LogP contribution in [-0.4, -0.2) is 45.4 Å². The van der Waals surface area contributed by atoms with Gasteiger partial charge < -0.3 is 10.2 Å². The maximum absolute atomic E-state index is 13.1. The molecule has 1 saturated heterocycles. The van der Waals surface area contributed by atoms with Crippen molar-refractivity contribution in [3.8, 4) is 5.69 Å².